The SMILES string of the molecule is COc1ccc(CN(C)C(=O)Cc2ccc(S(=O)(=O)N3CCCCC3)cc2)cc1. The third-order valence-corrected chi connectivity index (χ3v) is 7.15. The molecule has 0 spiro atoms. The molecular weight excluding hydrogens is 388 g/mol. The second-order valence-electron chi connectivity index (χ2n) is 7.38. The summed E-state index contributed by atoms with van der Waals surface area (Å²) in [4.78, 5) is 14.5. The lowest BCUT2D eigenvalue weighted by molar-refractivity contribution is -0.129. The van der Waals surface area contributed by atoms with Crippen molar-refractivity contribution in [2.75, 3.05) is 27.2 Å². The summed E-state index contributed by atoms with van der Waals surface area (Å²) in [5.41, 5.74) is 1.82. The van der Waals surface area contributed by atoms with Gasteiger partial charge in [-0.3, -0.25) is 4.79 Å². The van der Waals surface area contributed by atoms with Crippen LogP contribution < -0.4 is 4.74 Å². The van der Waals surface area contributed by atoms with E-state index in [2.05, 4.69) is 0 Å². The Bertz CT molecular complexity index is 918. The minimum absolute atomic E-state index is 0.0209. The van der Waals surface area contributed by atoms with Crippen LogP contribution in [-0.4, -0.2) is 50.8 Å². The van der Waals surface area contributed by atoms with Crippen molar-refractivity contribution >= 4 is 15.9 Å². The number of carbonyl (C=O) groups excluding carboxylic acids is 1. The van der Waals surface area contributed by atoms with Crippen LogP contribution in [0.3, 0.4) is 0 Å². The third-order valence-electron chi connectivity index (χ3n) is 5.24. The molecule has 156 valence electrons. The monoisotopic (exact) mass is 416 g/mol. The molecule has 0 bridgehead atoms. The minimum atomic E-state index is -3.44. The molecule has 1 heterocycles. The van der Waals surface area contributed by atoms with E-state index in [1.807, 2.05) is 24.3 Å². The fraction of sp³-hybridized carbons (Fsp3) is 0.409. The van der Waals surface area contributed by atoms with Crippen molar-refractivity contribution < 1.29 is 17.9 Å². The van der Waals surface area contributed by atoms with Gasteiger partial charge in [-0.1, -0.05) is 30.7 Å². The predicted molar refractivity (Wildman–Crippen MR) is 112 cm³/mol. The summed E-state index contributed by atoms with van der Waals surface area (Å²) < 4.78 is 32.1. The lowest BCUT2D eigenvalue weighted by Crippen LogP contribution is -2.35. The smallest absolute Gasteiger partial charge is 0.243 e. The minimum Gasteiger partial charge on any atom is -0.497 e. The Morgan fingerprint density at radius 1 is 0.966 bits per heavy atom. The van der Waals surface area contributed by atoms with E-state index in [0.717, 1.165) is 36.1 Å². The molecule has 0 unspecified atom stereocenters. The van der Waals surface area contributed by atoms with Crippen molar-refractivity contribution in [3.05, 3.63) is 59.7 Å². The molecule has 0 N–H and O–H groups in total. The normalized spacial score (nSPS) is 15.1. The zero-order chi connectivity index (χ0) is 20.9. The van der Waals surface area contributed by atoms with Crippen molar-refractivity contribution in [2.45, 2.75) is 37.1 Å². The standard InChI is InChI=1S/C22H28N2O4S/c1-23(17-19-6-10-20(28-2)11-7-19)22(25)16-18-8-12-21(13-9-18)29(26,27)24-14-4-3-5-15-24/h6-13H,3-5,14-17H2,1-2H3. The summed E-state index contributed by atoms with van der Waals surface area (Å²) in [6.07, 6.45) is 3.13. The van der Waals surface area contributed by atoms with Crippen LogP contribution in [0.1, 0.15) is 30.4 Å². The summed E-state index contributed by atoms with van der Waals surface area (Å²) in [6.45, 7) is 1.67. The topological polar surface area (TPSA) is 66.9 Å². The van der Waals surface area contributed by atoms with Gasteiger partial charge < -0.3 is 9.64 Å². The van der Waals surface area contributed by atoms with Crippen molar-refractivity contribution in [1.82, 2.24) is 9.21 Å². The maximum absolute atomic E-state index is 12.7. The Labute approximate surface area is 173 Å². The average Bonchev–Trinajstić information content (AvgIpc) is 2.75. The average molecular weight is 417 g/mol. The lowest BCUT2D eigenvalue weighted by Gasteiger charge is -2.25. The van der Waals surface area contributed by atoms with Gasteiger partial charge in [0.1, 0.15) is 5.75 Å². The van der Waals surface area contributed by atoms with Gasteiger partial charge in [0, 0.05) is 26.7 Å². The molecule has 1 aliphatic rings. The van der Waals surface area contributed by atoms with Gasteiger partial charge >= 0.3 is 0 Å². The molecule has 6 nitrogen and oxygen atoms in total. The zero-order valence-corrected chi connectivity index (χ0v) is 17.8. The van der Waals surface area contributed by atoms with Crippen molar-refractivity contribution in [1.29, 1.82) is 0 Å². The number of rotatable bonds is 7. The summed E-state index contributed by atoms with van der Waals surface area (Å²) in [7, 11) is -0.0579. The number of methoxy groups -OCH3 is 1. The highest BCUT2D eigenvalue weighted by Gasteiger charge is 2.25. The number of likely N-dealkylation sites (N-methyl/N-ethyl adjacent to an activating group) is 1. The van der Waals surface area contributed by atoms with Crippen molar-refractivity contribution in [3.8, 4) is 5.75 Å². The van der Waals surface area contributed by atoms with Gasteiger partial charge in [0.05, 0.1) is 18.4 Å². The molecule has 0 saturated carbocycles. The number of piperidine rings is 1. The number of sulfonamides is 1. The van der Waals surface area contributed by atoms with Crippen LogP contribution in [-0.2, 0) is 27.8 Å². The zero-order valence-electron chi connectivity index (χ0n) is 17.0. The quantitative estimate of drug-likeness (QED) is 0.696. The highest BCUT2D eigenvalue weighted by Crippen LogP contribution is 2.21. The van der Waals surface area contributed by atoms with Crippen LogP contribution in [0.5, 0.6) is 5.75 Å². The summed E-state index contributed by atoms with van der Waals surface area (Å²) >= 11 is 0. The number of nitrogens with zero attached hydrogens (tertiary/aromatic N) is 2. The first-order chi connectivity index (χ1) is 13.9. The Kier molecular flexibility index (Phi) is 6.92. The largest absolute Gasteiger partial charge is 0.497 e. The van der Waals surface area contributed by atoms with Crippen molar-refractivity contribution in [3.63, 3.8) is 0 Å². The Hall–Kier alpha value is -2.38. The van der Waals surface area contributed by atoms with Crippen LogP contribution in [0.25, 0.3) is 0 Å². The van der Waals surface area contributed by atoms with Crippen LogP contribution in [0.15, 0.2) is 53.4 Å². The van der Waals surface area contributed by atoms with E-state index < -0.39 is 10.0 Å². The summed E-state index contributed by atoms with van der Waals surface area (Å²) in [5.74, 6) is 0.759. The van der Waals surface area contributed by atoms with E-state index in [-0.39, 0.29) is 12.3 Å². The summed E-state index contributed by atoms with van der Waals surface area (Å²) in [5, 5.41) is 0. The first-order valence-electron chi connectivity index (χ1n) is 9.86. The molecule has 1 fully saturated rings. The molecule has 1 amide bonds. The molecule has 1 saturated heterocycles. The molecular formula is C22H28N2O4S. The van der Waals surface area contributed by atoms with Gasteiger partial charge in [-0.2, -0.15) is 4.31 Å². The predicted octanol–water partition coefficient (Wildman–Crippen LogP) is 3.07. The van der Waals surface area contributed by atoms with E-state index in [4.69, 9.17) is 4.74 Å². The number of hydrogen-bond donors (Lipinski definition) is 0. The van der Waals surface area contributed by atoms with Crippen molar-refractivity contribution in [2.24, 2.45) is 0 Å². The summed E-state index contributed by atoms with van der Waals surface area (Å²) in [6, 6.07) is 14.3. The Morgan fingerprint density at radius 2 is 1.55 bits per heavy atom. The number of carbonyl (C=O) groups is 1. The van der Waals surface area contributed by atoms with Gasteiger partial charge in [0.15, 0.2) is 0 Å². The number of amides is 1. The van der Waals surface area contributed by atoms with Crippen LogP contribution in [0, 0.1) is 0 Å². The van der Waals surface area contributed by atoms with Crippen LogP contribution >= 0.6 is 0 Å². The van der Waals surface area contributed by atoms with E-state index >= 15 is 0 Å². The molecule has 0 atom stereocenters. The van der Waals surface area contributed by atoms with E-state index in [0.29, 0.717) is 24.5 Å². The second-order valence-corrected chi connectivity index (χ2v) is 9.32. The first kappa shape index (κ1) is 21.3. The highest BCUT2D eigenvalue weighted by atomic mass is 32.2. The fourth-order valence-electron chi connectivity index (χ4n) is 3.44. The Balaban J connectivity index is 1.60. The molecule has 29 heavy (non-hydrogen) atoms. The van der Waals surface area contributed by atoms with E-state index in [1.165, 1.54) is 0 Å². The van der Waals surface area contributed by atoms with Gasteiger partial charge in [0.2, 0.25) is 15.9 Å². The maximum Gasteiger partial charge on any atom is 0.243 e. The van der Waals surface area contributed by atoms with Crippen LogP contribution in [0.4, 0.5) is 0 Å². The Morgan fingerprint density at radius 3 is 2.14 bits per heavy atom. The number of benzene rings is 2. The molecule has 1 aliphatic heterocycles. The second kappa shape index (κ2) is 9.41. The van der Waals surface area contributed by atoms with E-state index in [9.17, 15) is 13.2 Å². The van der Waals surface area contributed by atoms with E-state index in [1.54, 1.807) is 47.6 Å². The lowest BCUT2D eigenvalue weighted by atomic mass is 10.1. The number of hydrogen-bond acceptors (Lipinski definition) is 4. The molecule has 0 aliphatic carbocycles. The first-order valence-corrected chi connectivity index (χ1v) is 11.3. The van der Waals surface area contributed by atoms with Gasteiger partial charge in [-0.05, 0) is 48.2 Å². The van der Waals surface area contributed by atoms with Gasteiger partial charge in [-0.15, -0.1) is 0 Å². The molecule has 2 aromatic rings. The fourth-order valence-corrected chi connectivity index (χ4v) is 4.95. The molecule has 0 radical (unpaired) electrons. The highest BCUT2D eigenvalue weighted by molar-refractivity contribution is 7.89. The molecule has 2 aromatic carbocycles. The molecule has 7 heteroatoms. The van der Waals surface area contributed by atoms with Gasteiger partial charge in [-0.25, -0.2) is 8.42 Å². The third kappa shape index (κ3) is 5.36. The number of ether oxygens (including phenoxy) is 1. The van der Waals surface area contributed by atoms with Crippen LogP contribution in [0.2, 0.25) is 0 Å². The molecule has 3 rings (SSSR count). The van der Waals surface area contributed by atoms with Gasteiger partial charge in [0.25, 0.3) is 0 Å². The maximum atomic E-state index is 12.7. The molecule has 0 aromatic heterocycles.